The van der Waals surface area contributed by atoms with Gasteiger partial charge in [-0.1, -0.05) is 35.9 Å². The van der Waals surface area contributed by atoms with Gasteiger partial charge in [0, 0.05) is 43.4 Å². The van der Waals surface area contributed by atoms with Crippen LogP contribution in [0.25, 0.3) is 22.0 Å². The van der Waals surface area contributed by atoms with Gasteiger partial charge in [-0.3, -0.25) is 9.48 Å². The van der Waals surface area contributed by atoms with Crippen LogP contribution in [0.2, 0.25) is 0 Å². The number of anilines is 1. The van der Waals surface area contributed by atoms with Crippen LogP contribution in [0.1, 0.15) is 48.8 Å². The Morgan fingerprint density at radius 3 is 2.68 bits per heavy atom. The smallest absolute Gasteiger partial charge is 0.248 e. The van der Waals surface area contributed by atoms with E-state index in [9.17, 15) is 4.79 Å². The zero-order valence-electron chi connectivity index (χ0n) is 21.9. The van der Waals surface area contributed by atoms with E-state index < -0.39 is 0 Å². The molecule has 1 aliphatic heterocycles. The predicted molar refractivity (Wildman–Crippen MR) is 145 cm³/mol. The highest BCUT2D eigenvalue weighted by molar-refractivity contribution is 5.92. The van der Waals surface area contributed by atoms with Gasteiger partial charge < -0.3 is 15.0 Å². The second-order valence-electron chi connectivity index (χ2n) is 9.89. The second-order valence-corrected chi connectivity index (χ2v) is 9.89. The van der Waals surface area contributed by atoms with Crippen LogP contribution in [0.5, 0.6) is 0 Å². The molecule has 1 atom stereocenters. The average Bonchev–Trinajstić information content (AvgIpc) is 3.39. The number of hydrogen-bond acceptors (Lipinski definition) is 6. The number of rotatable bonds is 7. The second kappa shape index (κ2) is 10.7. The third kappa shape index (κ3) is 5.49. The number of ether oxygens (including phenoxy) is 1. The van der Waals surface area contributed by atoms with Gasteiger partial charge in [-0.15, -0.1) is 0 Å². The monoisotopic (exact) mass is 498 g/mol. The maximum absolute atomic E-state index is 12.1. The highest BCUT2D eigenvalue weighted by Gasteiger charge is 2.24. The van der Waals surface area contributed by atoms with Gasteiger partial charge in [-0.05, 0) is 56.9 Å². The Morgan fingerprint density at radius 2 is 1.92 bits per heavy atom. The van der Waals surface area contributed by atoms with Crippen LogP contribution in [0.15, 0.2) is 54.9 Å². The van der Waals surface area contributed by atoms with Crippen LogP contribution in [-0.4, -0.2) is 57.4 Å². The number of carbonyl (C=O) groups is 1. The number of benzene rings is 2. The topological polar surface area (TPSA) is 85.2 Å². The molecule has 8 heteroatoms. The summed E-state index contributed by atoms with van der Waals surface area (Å²) in [5, 5.41) is 9.28. The standard InChI is InChI=1S/C29H34N6O2/c1-19-6-5-7-22(14-19)20(2)31-29-26-15-23(8-9-27(26)32-21(3)33-29)24-16-30-35(17-24)25-10-12-34(13-11-25)28(36)18-37-4/h5-9,14-17,20,25H,10-13,18H2,1-4H3,(H,31,32,33)/t20-/m1/s1. The van der Waals surface area contributed by atoms with E-state index in [-0.39, 0.29) is 24.6 Å². The summed E-state index contributed by atoms with van der Waals surface area (Å²) < 4.78 is 7.04. The summed E-state index contributed by atoms with van der Waals surface area (Å²) in [4.78, 5) is 23.4. The van der Waals surface area contributed by atoms with Gasteiger partial charge >= 0.3 is 0 Å². The number of likely N-dealkylation sites (tertiary alicyclic amines) is 1. The quantitative estimate of drug-likeness (QED) is 0.382. The number of hydrogen-bond donors (Lipinski definition) is 1. The summed E-state index contributed by atoms with van der Waals surface area (Å²) in [6, 6.07) is 15.2. The summed E-state index contributed by atoms with van der Waals surface area (Å²) >= 11 is 0. The molecule has 192 valence electrons. The van der Waals surface area contributed by atoms with Gasteiger partial charge in [0.25, 0.3) is 0 Å². The molecule has 37 heavy (non-hydrogen) atoms. The Balaban J connectivity index is 1.37. The third-order valence-corrected chi connectivity index (χ3v) is 7.10. The van der Waals surface area contributed by atoms with E-state index in [0.717, 1.165) is 59.6 Å². The Morgan fingerprint density at radius 1 is 1.11 bits per heavy atom. The number of aryl methyl sites for hydroxylation is 2. The van der Waals surface area contributed by atoms with Gasteiger partial charge in [0.05, 0.1) is 17.8 Å². The van der Waals surface area contributed by atoms with Crippen molar-refractivity contribution in [2.45, 2.75) is 45.7 Å². The van der Waals surface area contributed by atoms with Crippen molar-refractivity contribution in [1.29, 1.82) is 0 Å². The Bertz CT molecular complexity index is 1410. The fourth-order valence-electron chi connectivity index (χ4n) is 5.04. The summed E-state index contributed by atoms with van der Waals surface area (Å²) in [5.41, 5.74) is 5.50. The molecule has 2 aromatic carbocycles. The van der Waals surface area contributed by atoms with Crippen molar-refractivity contribution in [2.24, 2.45) is 0 Å². The van der Waals surface area contributed by atoms with E-state index in [1.54, 1.807) is 7.11 Å². The molecule has 4 aromatic rings. The van der Waals surface area contributed by atoms with E-state index in [1.807, 2.05) is 22.7 Å². The third-order valence-electron chi connectivity index (χ3n) is 7.10. The molecule has 1 saturated heterocycles. The van der Waals surface area contributed by atoms with E-state index >= 15 is 0 Å². The minimum absolute atomic E-state index is 0.0526. The number of methoxy groups -OCH3 is 1. The molecular weight excluding hydrogens is 464 g/mol. The molecule has 0 saturated carbocycles. The normalized spacial score (nSPS) is 15.2. The van der Waals surface area contributed by atoms with E-state index in [0.29, 0.717) is 0 Å². The van der Waals surface area contributed by atoms with Crippen molar-refractivity contribution < 1.29 is 9.53 Å². The van der Waals surface area contributed by atoms with Gasteiger partial charge in [-0.25, -0.2) is 9.97 Å². The maximum atomic E-state index is 12.1. The molecule has 1 aliphatic rings. The van der Waals surface area contributed by atoms with Crippen molar-refractivity contribution in [3.63, 3.8) is 0 Å². The van der Waals surface area contributed by atoms with E-state index in [1.165, 1.54) is 11.1 Å². The highest BCUT2D eigenvalue weighted by Crippen LogP contribution is 2.31. The molecule has 1 N–H and O–H groups in total. The molecule has 1 amide bonds. The lowest BCUT2D eigenvalue weighted by Gasteiger charge is -2.32. The van der Waals surface area contributed by atoms with E-state index in [4.69, 9.17) is 9.72 Å². The first kappa shape index (κ1) is 24.9. The van der Waals surface area contributed by atoms with Crippen LogP contribution in [0.3, 0.4) is 0 Å². The Hall–Kier alpha value is -3.78. The number of amides is 1. The van der Waals surface area contributed by atoms with Gasteiger partial charge in [0.15, 0.2) is 0 Å². The highest BCUT2D eigenvalue weighted by atomic mass is 16.5. The molecule has 5 rings (SSSR count). The summed E-state index contributed by atoms with van der Waals surface area (Å²) in [5.74, 6) is 1.62. The van der Waals surface area contributed by atoms with Crippen molar-refractivity contribution in [1.82, 2.24) is 24.6 Å². The first-order valence-corrected chi connectivity index (χ1v) is 12.8. The average molecular weight is 499 g/mol. The molecule has 3 heterocycles. The summed E-state index contributed by atoms with van der Waals surface area (Å²) in [6.07, 6.45) is 5.79. The lowest BCUT2D eigenvalue weighted by molar-refractivity contribution is -0.136. The predicted octanol–water partition coefficient (Wildman–Crippen LogP) is 5.09. The number of carbonyl (C=O) groups excluding carboxylic acids is 1. The van der Waals surface area contributed by atoms with Crippen molar-refractivity contribution in [3.05, 3.63) is 71.8 Å². The molecule has 0 unspecified atom stereocenters. The number of aromatic nitrogens is 4. The Labute approximate surface area is 217 Å². The fourth-order valence-corrected chi connectivity index (χ4v) is 5.04. The van der Waals surface area contributed by atoms with Crippen LogP contribution in [0.4, 0.5) is 5.82 Å². The number of piperidine rings is 1. The van der Waals surface area contributed by atoms with Gasteiger partial charge in [0.1, 0.15) is 18.2 Å². The molecule has 0 spiro atoms. The van der Waals surface area contributed by atoms with Gasteiger partial charge in [-0.2, -0.15) is 5.10 Å². The van der Waals surface area contributed by atoms with Crippen molar-refractivity contribution in [2.75, 3.05) is 32.1 Å². The lowest BCUT2D eigenvalue weighted by Crippen LogP contribution is -2.40. The minimum atomic E-state index is 0.0526. The molecule has 0 bridgehead atoms. The van der Waals surface area contributed by atoms with Crippen LogP contribution >= 0.6 is 0 Å². The number of nitrogens with one attached hydrogen (secondary N) is 1. The SMILES string of the molecule is COCC(=O)N1CCC(n2cc(-c3ccc4nc(C)nc(N[C@H](C)c5cccc(C)c5)c4c3)cn2)CC1. The maximum Gasteiger partial charge on any atom is 0.248 e. The molecular formula is C29H34N6O2. The summed E-state index contributed by atoms with van der Waals surface area (Å²) in [6.45, 7) is 7.78. The molecule has 0 aliphatic carbocycles. The number of nitrogens with zero attached hydrogens (tertiary/aromatic N) is 5. The zero-order valence-corrected chi connectivity index (χ0v) is 21.9. The Kier molecular flexibility index (Phi) is 7.19. The van der Waals surface area contributed by atoms with Crippen molar-refractivity contribution >= 4 is 22.6 Å². The largest absolute Gasteiger partial charge is 0.375 e. The van der Waals surface area contributed by atoms with Crippen molar-refractivity contribution in [3.8, 4) is 11.1 Å². The minimum Gasteiger partial charge on any atom is -0.375 e. The number of fused-ring (bicyclic) bond motifs is 1. The lowest BCUT2D eigenvalue weighted by atomic mass is 10.0. The van der Waals surface area contributed by atoms with Crippen LogP contribution < -0.4 is 5.32 Å². The van der Waals surface area contributed by atoms with E-state index in [2.05, 4.69) is 77.9 Å². The molecule has 1 fully saturated rings. The molecule has 0 radical (unpaired) electrons. The molecule has 8 nitrogen and oxygen atoms in total. The fraction of sp³-hybridized carbons (Fsp3) is 0.379. The summed E-state index contributed by atoms with van der Waals surface area (Å²) in [7, 11) is 1.56. The van der Waals surface area contributed by atoms with Gasteiger partial charge in [0.2, 0.25) is 5.91 Å². The van der Waals surface area contributed by atoms with Crippen LogP contribution in [-0.2, 0) is 9.53 Å². The molecule has 2 aromatic heterocycles. The zero-order chi connectivity index (χ0) is 25.9. The van der Waals surface area contributed by atoms with Crippen LogP contribution in [0, 0.1) is 13.8 Å². The first-order valence-electron chi connectivity index (χ1n) is 12.8. The first-order chi connectivity index (χ1) is 17.9.